The van der Waals surface area contributed by atoms with E-state index in [1.807, 2.05) is 11.5 Å². The van der Waals surface area contributed by atoms with Gasteiger partial charge in [-0.25, -0.2) is 10.2 Å². The fourth-order valence-electron chi connectivity index (χ4n) is 0.916. The van der Waals surface area contributed by atoms with Crippen molar-refractivity contribution in [1.29, 1.82) is 5.26 Å². The molecule has 0 bridgehead atoms. The van der Waals surface area contributed by atoms with Gasteiger partial charge in [-0.15, -0.1) is 11.8 Å². The number of amides is 2. The van der Waals surface area contributed by atoms with E-state index < -0.39 is 23.0 Å². The quantitative estimate of drug-likeness (QED) is 0.360. The number of hydrazone groups is 1. The molecule has 9 heteroatoms. The minimum Gasteiger partial charge on any atom is -0.465 e. The smallest absolute Gasteiger partial charge is 0.332 e. The lowest BCUT2D eigenvalue weighted by Crippen LogP contribution is -2.25. The highest BCUT2D eigenvalue weighted by molar-refractivity contribution is 8.00. The fraction of sp³-hybridized carbons (Fsp3) is 0.500. The SMILES string of the molecule is CCOC(=O)CS[C@H](C#N)CC(=O)/C=N\NC(N)=O. The summed E-state index contributed by atoms with van der Waals surface area (Å²) in [5, 5.41) is 11.4. The summed E-state index contributed by atoms with van der Waals surface area (Å²) in [4.78, 5) is 32.7. The predicted molar refractivity (Wildman–Crippen MR) is 69.3 cm³/mol. The van der Waals surface area contributed by atoms with Gasteiger partial charge in [-0.2, -0.15) is 10.4 Å². The number of esters is 1. The molecule has 0 aliphatic rings. The Balaban J connectivity index is 4.08. The van der Waals surface area contributed by atoms with Gasteiger partial charge in [-0.1, -0.05) is 0 Å². The third kappa shape index (κ3) is 9.61. The van der Waals surface area contributed by atoms with E-state index in [0.717, 1.165) is 18.0 Å². The van der Waals surface area contributed by atoms with Gasteiger partial charge in [0.1, 0.15) is 0 Å². The van der Waals surface area contributed by atoms with Crippen LogP contribution in [0.15, 0.2) is 5.10 Å². The second kappa shape index (κ2) is 9.90. The van der Waals surface area contributed by atoms with E-state index in [-0.39, 0.29) is 18.8 Å². The molecule has 0 spiro atoms. The molecule has 0 aromatic carbocycles. The van der Waals surface area contributed by atoms with Gasteiger partial charge in [0.15, 0.2) is 5.78 Å². The Hall–Kier alpha value is -2.08. The summed E-state index contributed by atoms with van der Waals surface area (Å²) in [6, 6.07) is 0.999. The zero-order valence-corrected chi connectivity index (χ0v) is 11.1. The first kappa shape index (κ1) is 16.9. The molecule has 0 aliphatic heterocycles. The molecule has 0 saturated carbocycles. The third-order valence-electron chi connectivity index (χ3n) is 1.62. The monoisotopic (exact) mass is 286 g/mol. The molecule has 0 aliphatic carbocycles. The average molecular weight is 286 g/mol. The number of thioether (sulfide) groups is 1. The van der Waals surface area contributed by atoms with Gasteiger partial charge in [0.2, 0.25) is 0 Å². The molecule has 19 heavy (non-hydrogen) atoms. The number of ether oxygens (including phenoxy) is 1. The topological polar surface area (TPSA) is 135 Å². The summed E-state index contributed by atoms with van der Waals surface area (Å²) in [6.45, 7) is 1.94. The molecule has 8 nitrogen and oxygen atoms in total. The third-order valence-corrected chi connectivity index (χ3v) is 2.70. The van der Waals surface area contributed by atoms with Crippen molar-refractivity contribution in [3.63, 3.8) is 0 Å². The van der Waals surface area contributed by atoms with Crippen LogP contribution in [0.1, 0.15) is 13.3 Å². The first-order chi connectivity index (χ1) is 8.99. The first-order valence-corrected chi connectivity index (χ1v) is 6.32. The highest BCUT2D eigenvalue weighted by Crippen LogP contribution is 2.14. The van der Waals surface area contributed by atoms with Crippen molar-refractivity contribution in [3.8, 4) is 6.07 Å². The minimum absolute atomic E-state index is 0.00394. The van der Waals surface area contributed by atoms with Gasteiger partial charge >= 0.3 is 12.0 Å². The summed E-state index contributed by atoms with van der Waals surface area (Å²) in [5.41, 5.74) is 6.59. The van der Waals surface area contributed by atoms with Crippen LogP contribution in [0.4, 0.5) is 4.79 Å². The number of ketones is 1. The van der Waals surface area contributed by atoms with Crippen LogP contribution in [0.2, 0.25) is 0 Å². The molecule has 0 radical (unpaired) electrons. The zero-order chi connectivity index (χ0) is 14.7. The van der Waals surface area contributed by atoms with Gasteiger partial charge in [0, 0.05) is 6.42 Å². The number of carbonyl (C=O) groups excluding carboxylic acids is 3. The van der Waals surface area contributed by atoms with Crippen molar-refractivity contribution in [2.24, 2.45) is 10.8 Å². The average Bonchev–Trinajstić information content (AvgIpc) is 2.34. The number of hydrogen-bond donors (Lipinski definition) is 2. The molecular formula is C10H14N4O4S. The number of primary amides is 1. The van der Waals surface area contributed by atoms with E-state index >= 15 is 0 Å². The second-order valence-electron chi connectivity index (χ2n) is 3.14. The van der Waals surface area contributed by atoms with Gasteiger partial charge in [0.05, 0.1) is 29.9 Å². The largest absolute Gasteiger partial charge is 0.465 e. The molecule has 1 atom stereocenters. The first-order valence-electron chi connectivity index (χ1n) is 5.27. The van der Waals surface area contributed by atoms with E-state index in [4.69, 9.17) is 15.7 Å². The van der Waals surface area contributed by atoms with E-state index in [0.29, 0.717) is 0 Å². The summed E-state index contributed by atoms with van der Waals surface area (Å²) >= 11 is 1.01. The van der Waals surface area contributed by atoms with Gasteiger partial charge in [-0.3, -0.25) is 9.59 Å². The molecule has 0 fully saturated rings. The highest BCUT2D eigenvalue weighted by atomic mass is 32.2. The Bertz CT molecular complexity index is 405. The molecule has 0 rings (SSSR count). The highest BCUT2D eigenvalue weighted by Gasteiger charge is 2.15. The summed E-state index contributed by atoms with van der Waals surface area (Å²) < 4.78 is 4.69. The molecule has 0 saturated heterocycles. The van der Waals surface area contributed by atoms with Gasteiger partial charge < -0.3 is 10.5 Å². The van der Waals surface area contributed by atoms with Crippen LogP contribution in [0, 0.1) is 11.3 Å². The molecule has 2 amide bonds. The lowest BCUT2D eigenvalue weighted by atomic mass is 10.2. The number of nitriles is 1. The van der Waals surface area contributed by atoms with Crippen molar-refractivity contribution >= 4 is 35.8 Å². The molecule has 0 unspecified atom stereocenters. The van der Waals surface area contributed by atoms with Crippen LogP contribution in [0.3, 0.4) is 0 Å². The fourth-order valence-corrected chi connectivity index (χ4v) is 1.69. The van der Waals surface area contributed by atoms with E-state index in [2.05, 4.69) is 5.10 Å². The number of rotatable bonds is 8. The Morgan fingerprint density at radius 2 is 2.26 bits per heavy atom. The molecule has 0 heterocycles. The lowest BCUT2D eigenvalue weighted by molar-refractivity contribution is -0.139. The Kier molecular flexibility index (Phi) is 8.82. The van der Waals surface area contributed by atoms with Crippen LogP contribution in [0.25, 0.3) is 0 Å². The van der Waals surface area contributed by atoms with Crippen LogP contribution in [0.5, 0.6) is 0 Å². The summed E-state index contributed by atoms with van der Waals surface area (Å²) in [7, 11) is 0. The maximum Gasteiger partial charge on any atom is 0.332 e. The van der Waals surface area contributed by atoms with Crippen LogP contribution >= 0.6 is 11.8 Å². The van der Waals surface area contributed by atoms with Gasteiger partial charge in [-0.05, 0) is 6.92 Å². The van der Waals surface area contributed by atoms with Crippen LogP contribution in [-0.2, 0) is 14.3 Å². The van der Waals surface area contributed by atoms with E-state index in [1.165, 1.54) is 0 Å². The van der Waals surface area contributed by atoms with Crippen molar-refractivity contribution in [2.45, 2.75) is 18.6 Å². The number of nitrogens with zero attached hydrogens (tertiary/aromatic N) is 2. The molecular weight excluding hydrogens is 272 g/mol. The number of Topliss-reactive ketones (excluding diaryl/α,β-unsaturated/α-hetero) is 1. The summed E-state index contributed by atoms with van der Waals surface area (Å²) in [5.74, 6) is -0.906. The molecule has 0 aromatic heterocycles. The van der Waals surface area contributed by atoms with Crippen molar-refractivity contribution in [2.75, 3.05) is 12.4 Å². The van der Waals surface area contributed by atoms with E-state index in [1.54, 1.807) is 6.92 Å². The number of urea groups is 1. The zero-order valence-electron chi connectivity index (χ0n) is 10.3. The van der Waals surface area contributed by atoms with Crippen molar-refractivity contribution in [1.82, 2.24) is 5.43 Å². The lowest BCUT2D eigenvalue weighted by Gasteiger charge is -2.05. The van der Waals surface area contributed by atoms with Crippen molar-refractivity contribution < 1.29 is 19.1 Å². The molecule has 3 N–H and O–H groups in total. The molecule has 104 valence electrons. The Morgan fingerprint density at radius 1 is 1.58 bits per heavy atom. The van der Waals surface area contributed by atoms with Gasteiger partial charge in [0.25, 0.3) is 0 Å². The second-order valence-corrected chi connectivity index (χ2v) is 4.33. The number of hydrogen-bond acceptors (Lipinski definition) is 7. The standard InChI is InChI=1S/C10H14N4O4S/c1-2-18-9(16)6-19-8(4-11)3-7(15)5-13-14-10(12)17/h5,8H,2-3,6H2,1H3,(H3,12,14,17)/b13-5-/t8-/m0/s1. The Labute approximate surface area is 114 Å². The maximum absolute atomic E-state index is 11.3. The normalized spacial score (nSPS) is 11.6. The minimum atomic E-state index is -0.891. The Morgan fingerprint density at radius 3 is 2.79 bits per heavy atom. The van der Waals surface area contributed by atoms with Crippen LogP contribution in [-0.4, -0.2) is 41.6 Å². The molecule has 0 aromatic rings. The van der Waals surface area contributed by atoms with E-state index in [9.17, 15) is 14.4 Å². The number of nitrogens with one attached hydrogen (secondary N) is 1. The maximum atomic E-state index is 11.3. The number of nitrogens with two attached hydrogens (primary N) is 1. The predicted octanol–water partition coefficient (Wildman–Crippen LogP) is -0.212. The summed E-state index contributed by atoms with van der Waals surface area (Å²) in [6.07, 6.45) is 0.741. The van der Waals surface area contributed by atoms with Crippen molar-refractivity contribution in [3.05, 3.63) is 0 Å². The van der Waals surface area contributed by atoms with Crippen LogP contribution < -0.4 is 11.2 Å². The number of carbonyl (C=O) groups is 3.